The van der Waals surface area contributed by atoms with Crippen LogP contribution >= 0.6 is 0 Å². The molecule has 2 aliphatic rings. The predicted molar refractivity (Wildman–Crippen MR) is 117 cm³/mol. The van der Waals surface area contributed by atoms with Gasteiger partial charge in [-0.2, -0.15) is 5.26 Å². The Bertz CT molecular complexity index is 1290. The quantitative estimate of drug-likeness (QED) is 0.625. The number of methoxy groups -OCH3 is 1. The summed E-state index contributed by atoms with van der Waals surface area (Å²) in [5.41, 5.74) is 6.62. The fraction of sp³-hybridized carbons (Fsp3) is 0.0800. The number of benzene rings is 1. The van der Waals surface area contributed by atoms with E-state index in [0.29, 0.717) is 34.2 Å². The van der Waals surface area contributed by atoms with E-state index in [9.17, 15) is 4.39 Å². The van der Waals surface area contributed by atoms with Crippen molar-refractivity contribution in [3.05, 3.63) is 107 Å². The maximum absolute atomic E-state index is 13.4. The van der Waals surface area contributed by atoms with Gasteiger partial charge in [0.1, 0.15) is 29.8 Å². The molecule has 1 aliphatic carbocycles. The fourth-order valence-electron chi connectivity index (χ4n) is 3.15. The second kappa shape index (κ2) is 8.58. The SMILES string of the molecule is C=C1C=CC(F)=CC=C1OCc1cn2c(n1)C=C=CC(c1ccc(C#N)cc1OC)=C2. The van der Waals surface area contributed by atoms with Gasteiger partial charge in [-0.1, -0.05) is 6.58 Å². The molecule has 0 fully saturated rings. The second-order valence-corrected chi connectivity index (χ2v) is 6.79. The lowest BCUT2D eigenvalue weighted by Crippen LogP contribution is -1.95. The number of rotatable bonds is 5. The zero-order valence-corrected chi connectivity index (χ0v) is 16.8. The van der Waals surface area contributed by atoms with Gasteiger partial charge in [0.15, 0.2) is 0 Å². The topological polar surface area (TPSA) is 60.1 Å². The summed E-state index contributed by atoms with van der Waals surface area (Å²) >= 11 is 0. The average Bonchev–Trinajstić information content (AvgIpc) is 2.95. The molecule has 4 rings (SSSR count). The van der Waals surface area contributed by atoms with Crippen molar-refractivity contribution in [1.29, 1.82) is 5.26 Å². The van der Waals surface area contributed by atoms with Gasteiger partial charge in [0.2, 0.25) is 0 Å². The van der Waals surface area contributed by atoms with Crippen molar-refractivity contribution < 1.29 is 13.9 Å². The molecular weight excluding hydrogens is 393 g/mol. The van der Waals surface area contributed by atoms with Crippen molar-refractivity contribution in [2.75, 3.05) is 7.11 Å². The van der Waals surface area contributed by atoms with E-state index in [4.69, 9.17) is 14.7 Å². The first kappa shape index (κ1) is 20.0. The van der Waals surface area contributed by atoms with Gasteiger partial charge in [0, 0.05) is 35.2 Å². The molecule has 152 valence electrons. The first-order valence-corrected chi connectivity index (χ1v) is 9.45. The molecule has 1 aromatic heterocycles. The standard InChI is InChI=1S/C25H18FN3O2/c1-17-6-8-20(26)9-11-23(17)31-16-21-15-29-14-19(4-3-5-25(29)28-21)22-10-7-18(13-27)12-24(22)30-2/h4-12,14-15H,1,16H2,2H3. The third-order valence-corrected chi connectivity index (χ3v) is 4.71. The first-order valence-electron chi connectivity index (χ1n) is 9.45. The summed E-state index contributed by atoms with van der Waals surface area (Å²) in [6, 6.07) is 7.40. The number of allylic oxidation sites excluding steroid dienone is 7. The number of nitrogens with zero attached hydrogens (tertiary/aromatic N) is 3. The van der Waals surface area contributed by atoms with E-state index in [-0.39, 0.29) is 12.4 Å². The third kappa shape index (κ3) is 4.32. The molecular formula is C25H18FN3O2. The smallest absolute Gasteiger partial charge is 0.144 e. The molecule has 0 unspecified atom stereocenters. The van der Waals surface area contributed by atoms with Crippen LogP contribution in [0.3, 0.4) is 0 Å². The normalized spacial score (nSPS) is 14.6. The van der Waals surface area contributed by atoms with E-state index in [2.05, 4.69) is 23.4 Å². The molecule has 0 amide bonds. The van der Waals surface area contributed by atoms with Crippen LogP contribution in [0.15, 0.2) is 84.2 Å². The highest BCUT2D eigenvalue weighted by atomic mass is 19.1. The minimum absolute atomic E-state index is 0.203. The van der Waals surface area contributed by atoms with Crippen LogP contribution in [0.25, 0.3) is 17.8 Å². The number of ether oxygens (including phenoxy) is 2. The average molecular weight is 411 g/mol. The summed E-state index contributed by atoms with van der Waals surface area (Å²) in [7, 11) is 1.57. The van der Waals surface area contributed by atoms with Crippen molar-refractivity contribution >= 4 is 17.8 Å². The highest BCUT2D eigenvalue weighted by Gasteiger charge is 2.13. The Morgan fingerprint density at radius 2 is 2.13 bits per heavy atom. The monoisotopic (exact) mass is 411 g/mol. The molecule has 5 nitrogen and oxygen atoms in total. The zero-order chi connectivity index (χ0) is 21.8. The maximum atomic E-state index is 13.4. The Labute approximate surface area is 179 Å². The highest BCUT2D eigenvalue weighted by molar-refractivity contribution is 5.87. The minimum atomic E-state index is -0.360. The van der Waals surface area contributed by atoms with Crippen LogP contribution in [-0.4, -0.2) is 16.7 Å². The van der Waals surface area contributed by atoms with Gasteiger partial charge in [0.05, 0.1) is 24.4 Å². The van der Waals surface area contributed by atoms with Crippen molar-refractivity contribution in [2.24, 2.45) is 0 Å². The van der Waals surface area contributed by atoms with E-state index < -0.39 is 0 Å². The molecule has 0 atom stereocenters. The largest absolute Gasteiger partial charge is 0.496 e. The minimum Gasteiger partial charge on any atom is -0.496 e. The number of hydrogen-bond donors (Lipinski definition) is 0. The van der Waals surface area contributed by atoms with E-state index in [1.54, 1.807) is 37.5 Å². The van der Waals surface area contributed by atoms with Gasteiger partial charge in [-0.3, -0.25) is 0 Å². The molecule has 6 heteroatoms. The fourth-order valence-corrected chi connectivity index (χ4v) is 3.15. The number of nitriles is 1. The summed E-state index contributed by atoms with van der Waals surface area (Å²) in [4.78, 5) is 4.57. The van der Waals surface area contributed by atoms with Gasteiger partial charge >= 0.3 is 0 Å². The summed E-state index contributed by atoms with van der Waals surface area (Å²) in [6.07, 6.45) is 13.2. The number of halogens is 1. The highest BCUT2D eigenvalue weighted by Crippen LogP contribution is 2.30. The Balaban J connectivity index is 1.60. The molecule has 1 aromatic carbocycles. The summed E-state index contributed by atoms with van der Waals surface area (Å²) < 4.78 is 26.5. The molecule has 0 N–H and O–H groups in total. The molecule has 2 aromatic rings. The molecule has 0 bridgehead atoms. The van der Waals surface area contributed by atoms with Crippen molar-refractivity contribution in [2.45, 2.75) is 6.61 Å². The van der Waals surface area contributed by atoms with Crippen LogP contribution in [-0.2, 0) is 11.3 Å². The molecule has 0 radical (unpaired) electrons. The molecule has 31 heavy (non-hydrogen) atoms. The lowest BCUT2D eigenvalue weighted by Gasteiger charge is -2.09. The Hall–Kier alpha value is -4.33. The van der Waals surface area contributed by atoms with Crippen LogP contribution in [0.5, 0.6) is 5.75 Å². The summed E-state index contributed by atoms with van der Waals surface area (Å²) in [5.74, 6) is 1.42. The first-order chi connectivity index (χ1) is 15.1. The van der Waals surface area contributed by atoms with E-state index >= 15 is 0 Å². The number of hydrogen-bond acceptors (Lipinski definition) is 4. The zero-order valence-electron chi connectivity index (χ0n) is 16.8. The van der Waals surface area contributed by atoms with Gasteiger partial charge < -0.3 is 14.0 Å². The van der Waals surface area contributed by atoms with Crippen LogP contribution in [0, 0.1) is 11.3 Å². The molecule has 0 spiro atoms. The molecule has 1 aliphatic heterocycles. The predicted octanol–water partition coefficient (Wildman–Crippen LogP) is 5.32. The van der Waals surface area contributed by atoms with E-state index in [0.717, 1.165) is 11.1 Å². The Kier molecular flexibility index (Phi) is 5.53. The van der Waals surface area contributed by atoms with Gasteiger partial charge in [-0.15, -0.1) is 5.73 Å². The van der Waals surface area contributed by atoms with Crippen molar-refractivity contribution in [3.8, 4) is 11.8 Å². The number of fused-ring (bicyclic) bond motifs is 1. The third-order valence-electron chi connectivity index (χ3n) is 4.71. The molecule has 0 saturated carbocycles. The lowest BCUT2D eigenvalue weighted by atomic mass is 10.0. The summed E-state index contributed by atoms with van der Waals surface area (Å²) in [5, 5.41) is 9.12. The van der Waals surface area contributed by atoms with Crippen molar-refractivity contribution in [3.63, 3.8) is 0 Å². The van der Waals surface area contributed by atoms with Crippen LogP contribution in [0.1, 0.15) is 22.6 Å². The van der Waals surface area contributed by atoms with Crippen LogP contribution in [0.4, 0.5) is 4.39 Å². The van der Waals surface area contributed by atoms with Crippen LogP contribution < -0.4 is 4.74 Å². The second-order valence-electron chi connectivity index (χ2n) is 6.79. The maximum Gasteiger partial charge on any atom is 0.144 e. The van der Waals surface area contributed by atoms with Crippen molar-refractivity contribution in [1.82, 2.24) is 9.55 Å². The summed E-state index contributed by atoms with van der Waals surface area (Å²) in [6.45, 7) is 4.09. The Morgan fingerprint density at radius 1 is 1.26 bits per heavy atom. The molecule has 2 heterocycles. The van der Waals surface area contributed by atoms with Gasteiger partial charge in [0.25, 0.3) is 0 Å². The van der Waals surface area contributed by atoms with Crippen LogP contribution in [0.2, 0.25) is 0 Å². The van der Waals surface area contributed by atoms with Gasteiger partial charge in [-0.05, 0) is 48.6 Å². The number of imidazole rings is 1. The van der Waals surface area contributed by atoms with E-state index in [1.165, 1.54) is 12.2 Å². The van der Waals surface area contributed by atoms with E-state index in [1.807, 2.05) is 29.1 Å². The molecule has 0 saturated heterocycles. The van der Waals surface area contributed by atoms with Gasteiger partial charge in [-0.25, -0.2) is 9.37 Å². The Morgan fingerprint density at radius 3 is 2.94 bits per heavy atom. The number of aromatic nitrogens is 2. The lowest BCUT2D eigenvalue weighted by molar-refractivity contribution is 0.205.